The molecule has 287 valence electrons. The predicted octanol–water partition coefficient (Wildman–Crippen LogP) is 13.6. The van der Waals surface area contributed by atoms with E-state index in [9.17, 15) is 0 Å². The number of hydrogen-bond donors (Lipinski definition) is 1. The van der Waals surface area contributed by atoms with Gasteiger partial charge in [-0.05, 0) is 105 Å². The minimum Gasteiger partial charge on any atom is -0.456 e. The predicted molar refractivity (Wildman–Crippen MR) is 250 cm³/mol. The van der Waals surface area contributed by atoms with Crippen LogP contribution in [0.25, 0.3) is 82.5 Å². The van der Waals surface area contributed by atoms with Crippen molar-refractivity contribution in [1.82, 2.24) is 4.57 Å². The standard InChI is InChI=1S/C54H46BN2O2/c1-52(2,3)30-16-18-31(19-17-30)56-43-28-41-40(53(4,5)22-23-54(41,6)7)24-36(43)34-20-21-35-37-27-48-39(33-13-9-11-15-47(33)58-48)26-44(37)57-45-29-49-38(25-42(45)55-50(34)51(35)57)32-12-8-10-14-46(32)59-49/h8-21,24-29,56H,22-23H2,1-7H3. The van der Waals surface area contributed by atoms with Gasteiger partial charge in [0.05, 0.1) is 5.52 Å². The molecule has 12 rings (SSSR count). The van der Waals surface area contributed by atoms with E-state index >= 15 is 0 Å². The Bertz CT molecular complexity index is 3420. The molecule has 0 unspecified atom stereocenters. The van der Waals surface area contributed by atoms with Crippen molar-refractivity contribution in [1.29, 1.82) is 0 Å². The maximum absolute atomic E-state index is 6.54. The van der Waals surface area contributed by atoms with E-state index in [4.69, 9.17) is 8.83 Å². The molecule has 1 N–H and O–H groups in total. The van der Waals surface area contributed by atoms with Gasteiger partial charge in [0.2, 0.25) is 0 Å². The smallest absolute Gasteiger partial charge is 0.197 e. The Labute approximate surface area is 345 Å². The Morgan fingerprint density at radius 3 is 1.88 bits per heavy atom. The van der Waals surface area contributed by atoms with Gasteiger partial charge in [0.15, 0.2) is 7.28 Å². The highest BCUT2D eigenvalue weighted by Gasteiger charge is 2.38. The Morgan fingerprint density at radius 1 is 0.576 bits per heavy atom. The van der Waals surface area contributed by atoms with Crippen molar-refractivity contribution in [2.24, 2.45) is 0 Å². The largest absolute Gasteiger partial charge is 0.456 e. The second-order valence-electron chi connectivity index (χ2n) is 19.5. The molecule has 0 saturated carbocycles. The molecule has 1 radical (unpaired) electrons. The molecular formula is C54H46BN2O2. The molecule has 2 aliphatic rings. The van der Waals surface area contributed by atoms with Gasteiger partial charge in [-0.1, -0.05) is 121 Å². The van der Waals surface area contributed by atoms with Gasteiger partial charge < -0.3 is 18.7 Å². The third-order valence-corrected chi connectivity index (χ3v) is 13.8. The number of para-hydroxylation sites is 2. The molecule has 10 aromatic rings. The van der Waals surface area contributed by atoms with Crippen molar-refractivity contribution in [3.05, 3.63) is 138 Å². The van der Waals surface area contributed by atoms with Crippen molar-refractivity contribution in [2.75, 3.05) is 5.32 Å². The summed E-state index contributed by atoms with van der Waals surface area (Å²) in [6.45, 7) is 16.5. The monoisotopic (exact) mass is 765 g/mol. The summed E-state index contributed by atoms with van der Waals surface area (Å²) in [5, 5.41) is 10.9. The van der Waals surface area contributed by atoms with Crippen LogP contribution in [0.1, 0.15) is 78.0 Å². The van der Waals surface area contributed by atoms with Crippen LogP contribution in [-0.4, -0.2) is 11.8 Å². The Hall–Kier alpha value is -6.20. The molecule has 1 aliphatic heterocycles. The first-order valence-electron chi connectivity index (χ1n) is 21.1. The van der Waals surface area contributed by atoms with Gasteiger partial charge in [-0.2, -0.15) is 0 Å². The van der Waals surface area contributed by atoms with Crippen LogP contribution in [0.2, 0.25) is 0 Å². The average molecular weight is 766 g/mol. The number of nitrogens with one attached hydrogen (secondary N) is 1. The van der Waals surface area contributed by atoms with E-state index < -0.39 is 0 Å². The van der Waals surface area contributed by atoms with Gasteiger partial charge in [-0.25, -0.2) is 0 Å². The van der Waals surface area contributed by atoms with E-state index in [1.807, 2.05) is 12.1 Å². The van der Waals surface area contributed by atoms with Crippen LogP contribution in [0.3, 0.4) is 0 Å². The van der Waals surface area contributed by atoms with Gasteiger partial charge in [0, 0.05) is 66.5 Å². The highest BCUT2D eigenvalue weighted by atomic mass is 16.3. The molecule has 0 bridgehead atoms. The zero-order valence-corrected chi connectivity index (χ0v) is 34.8. The van der Waals surface area contributed by atoms with Gasteiger partial charge in [0.25, 0.3) is 0 Å². The fraction of sp³-hybridized carbons (Fsp3) is 0.222. The van der Waals surface area contributed by atoms with Gasteiger partial charge in [0.1, 0.15) is 22.3 Å². The summed E-state index contributed by atoms with van der Waals surface area (Å²) < 4.78 is 15.5. The van der Waals surface area contributed by atoms with E-state index in [-0.39, 0.29) is 16.2 Å². The van der Waals surface area contributed by atoms with Crippen LogP contribution in [0, 0.1) is 0 Å². The molecule has 5 heteroatoms. The summed E-state index contributed by atoms with van der Waals surface area (Å²) in [7, 11) is 2.43. The molecule has 59 heavy (non-hydrogen) atoms. The maximum atomic E-state index is 6.54. The Balaban J connectivity index is 1.16. The molecule has 0 amide bonds. The van der Waals surface area contributed by atoms with Gasteiger partial charge in [-0.15, -0.1) is 0 Å². The van der Waals surface area contributed by atoms with Crippen molar-refractivity contribution >= 4 is 95.3 Å². The molecule has 7 aromatic carbocycles. The molecule has 4 nitrogen and oxygen atoms in total. The van der Waals surface area contributed by atoms with Gasteiger partial charge >= 0.3 is 0 Å². The minimum absolute atomic E-state index is 0.0455. The lowest BCUT2D eigenvalue weighted by Crippen LogP contribution is -2.37. The molecule has 3 aromatic heterocycles. The van der Waals surface area contributed by atoms with Gasteiger partial charge in [-0.3, -0.25) is 0 Å². The molecule has 4 heterocycles. The number of furan rings is 2. The van der Waals surface area contributed by atoms with Crippen molar-refractivity contribution in [2.45, 2.75) is 77.6 Å². The number of fused-ring (bicyclic) bond motifs is 12. The summed E-state index contributed by atoms with van der Waals surface area (Å²) in [5.41, 5.74) is 18.6. The van der Waals surface area contributed by atoms with Crippen LogP contribution in [0.5, 0.6) is 0 Å². The van der Waals surface area contributed by atoms with E-state index in [1.54, 1.807) is 0 Å². The lowest BCUT2D eigenvalue weighted by molar-refractivity contribution is 0.332. The second-order valence-corrected chi connectivity index (χ2v) is 19.5. The number of nitrogens with zero attached hydrogens (tertiary/aromatic N) is 1. The fourth-order valence-electron chi connectivity index (χ4n) is 10.4. The van der Waals surface area contributed by atoms with Crippen molar-refractivity contribution in [3.63, 3.8) is 0 Å². The number of benzene rings is 7. The quantitative estimate of drug-likeness (QED) is 0.182. The highest BCUT2D eigenvalue weighted by Crippen LogP contribution is 2.50. The van der Waals surface area contributed by atoms with E-state index in [2.05, 4.69) is 175 Å². The van der Waals surface area contributed by atoms with Crippen LogP contribution in [0.15, 0.2) is 130 Å². The third kappa shape index (κ3) is 5.03. The number of hydrogen-bond acceptors (Lipinski definition) is 3. The SMILES string of the molecule is CC(C)(C)c1ccc(Nc2cc3c(cc2-c2ccc4c5cc6oc7ccccc7c6cc5n5c4c2[B]c2cc4c(cc2-5)oc2ccccc24)C(C)(C)CCC3(C)C)cc1. The van der Waals surface area contributed by atoms with E-state index in [0.29, 0.717) is 0 Å². The number of aromatic nitrogens is 1. The first-order valence-corrected chi connectivity index (χ1v) is 21.1. The second kappa shape index (κ2) is 11.7. The molecule has 0 spiro atoms. The Morgan fingerprint density at radius 2 is 1.20 bits per heavy atom. The molecule has 0 atom stereocenters. The van der Waals surface area contributed by atoms with E-state index in [0.717, 1.165) is 79.3 Å². The van der Waals surface area contributed by atoms with Crippen LogP contribution >= 0.6 is 0 Å². The van der Waals surface area contributed by atoms with Crippen molar-refractivity contribution in [3.8, 4) is 16.8 Å². The normalized spacial score (nSPS) is 15.6. The minimum atomic E-state index is 0.0455. The van der Waals surface area contributed by atoms with E-state index in [1.165, 1.54) is 55.0 Å². The Kier molecular flexibility index (Phi) is 6.92. The zero-order chi connectivity index (χ0) is 40.2. The average Bonchev–Trinajstić information content (AvgIpc) is 3.87. The first kappa shape index (κ1) is 34.8. The molecular weight excluding hydrogens is 719 g/mol. The first-order chi connectivity index (χ1) is 28.3. The van der Waals surface area contributed by atoms with Crippen LogP contribution in [0.4, 0.5) is 11.4 Å². The van der Waals surface area contributed by atoms with Crippen molar-refractivity contribution < 1.29 is 8.83 Å². The summed E-state index contributed by atoms with van der Waals surface area (Å²) in [6.07, 6.45) is 2.31. The number of anilines is 2. The molecule has 0 saturated heterocycles. The molecule has 0 fully saturated rings. The van der Waals surface area contributed by atoms with Crippen LogP contribution < -0.4 is 16.2 Å². The topological polar surface area (TPSA) is 43.2 Å². The summed E-state index contributed by atoms with van der Waals surface area (Å²) >= 11 is 0. The molecule has 1 aliphatic carbocycles. The third-order valence-electron chi connectivity index (χ3n) is 13.8. The van der Waals surface area contributed by atoms with Crippen LogP contribution in [-0.2, 0) is 16.2 Å². The highest BCUT2D eigenvalue weighted by molar-refractivity contribution is 6.73. The maximum Gasteiger partial charge on any atom is 0.197 e. The zero-order valence-electron chi connectivity index (χ0n) is 34.8. The summed E-state index contributed by atoms with van der Waals surface area (Å²) in [5.74, 6) is 0. The summed E-state index contributed by atoms with van der Waals surface area (Å²) in [4.78, 5) is 0. The lowest BCUT2D eigenvalue weighted by Gasteiger charge is -2.42. The number of rotatable bonds is 3. The fourth-order valence-corrected chi connectivity index (χ4v) is 10.4. The lowest BCUT2D eigenvalue weighted by atomic mass is 9.58. The summed E-state index contributed by atoms with van der Waals surface area (Å²) in [6, 6.07) is 44.7.